The molecule has 0 aliphatic heterocycles. The Hall–Kier alpha value is -1.45. The number of rotatable bonds is 6. The Morgan fingerprint density at radius 3 is 2.40 bits per heavy atom. The van der Waals surface area contributed by atoms with E-state index in [1.54, 1.807) is 21.1 Å². The molecule has 0 radical (unpaired) electrons. The third-order valence-electron chi connectivity index (χ3n) is 2.49. The molecule has 0 aromatic heterocycles. The maximum Gasteiger partial charge on any atom is 0.118 e. The van der Waals surface area contributed by atoms with Crippen molar-refractivity contribution < 1.29 is 9.13 Å². The lowest BCUT2D eigenvalue weighted by Gasteiger charge is -2.03. The summed E-state index contributed by atoms with van der Waals surface area (Å²) in [7, 11) is 3.25. The molecule has 112 valence electrons. The monoisotopic (exact) mass is 279 g/mol. The average Bonchev–Trinajstić information content (AvgIpc) is 2.45. The van der Waals surface area contributed by atoms with Crippen LogP contribution in [0.4, 0.5) is 4.39 Å². The Morgan fingerprint density at radius 2 is 1.85 bits per heavy atom. The van der Waals surface area contributed by atoms with Crippen LogP contribution in [-0.2, 0) is 11.3 Å². The first-order valence-electron chi connectivity index (χ1n) is 6.78. The summed E-state index contributed by atoms with van der Waals surface area (Å²) in [5.41, 5.74) is 2.55. The van der Waals surface area contributed by atoms with E-state index in [4.69, 9.17) is 0 Å². The number of ether oxygens (including phenoxy) is 1. The SMILES string of the molecule is C/C=C(F)\C=C/CCNCc1ccc(C)cc1.COC. The maximum atomic E-state index is 12.7. The summed E-state index contributed by atoms with van der Waals surface area (Å²) in [6.07, 6.45) is 5.65. The number of allylic oxidation sites excluding steroid dienone is 3. The zero-order chi connectivity index (χ0) is 15.2. The number of nitrogens with one attached hydrogen (secondary N) is 1. The summed E-state index contributed by atoms with van der Waals surface area (Å²) in [4.78, 5) is 0. The van der Waals surface area contributed by atoms with Crippen molar-refractivity contribution in [2.24, 2.45) is 0 Å². The highest BCUT2D eigenvalue weighted by Gasteiger charge is 1.91. The Labute approximate surface area is 122 Å². The minimum Gasteiger partial charge on any atom is -0.388 e. The maximum absolute atomic E-state index is 12.7. The van der Waals surface area contributed by atoms with E-state index in [0.717, 1.165) is 19.5 Å². The van der Waals surface area contributed by atoms with Crippen LogP contribution >= 0.6 is 0 Å². The Morgan fingerprint density at radius 1 is 1.25 bits per heavy atom. The average molecular weight is 279 g/mol. The molecule has 0 aliphatic carbocycles. The van der Waals surface area contributed by atoms with Gasteiger partial charge in [-0.15, -0.1) is 0 Å². The molecule has 1 aromatic carbocycles. The fourth-order valence-corrected chi connectivity index (χ4v) is 1.42. The van der Waals surface area contributed by atoms with E-state index in [1.807, 2.05) is 6.08 Å². The van der Waals surface area contributed by atoms with Crippen LogP contribution in [0.15, 0.2) is 48.3 Å². The summed E-state index contributed by atoms with van der Waals surface area (Å²) >= 11 is 0. The lowest BCUT2D eigenvalue weighted by Crippen LogP contribution is -2.13. The third kappa shape index (κ3) is 10.5. The second-order valence-electron chi connectivity index (χ2n) is 4.44. The Bertz CT molecular complexity index is 396. The fraction of sp³-hybridized carbons (Fsp3) is 0.412. The molecule has 0 amide bonds. The second-order valence-corrected chi connectivity index (χ2v) is 4.44. The molecule has 3 heteroatoms. The van der Waals surface area contributed by atoms with Gasteiger partial charge in [0, 0.05) is 20.8 Å². The molecule has 1 rings (SSSR count). The van der Waals surface area contributed by atoms with Crippen LogP contribution in [0.3, 0.4) is 0 Å². The van der Waals surface area contributed by atoms with Gasteiger partial charge in [0.05, 0.1) is 0 Å². The van der Waals surface area contributed by atoms with Gasteiger partial charge in [0.2, 0.25) is 0 Å². The molecule has 20 heavy (non-hydrogen) atoms. The predicted octanol–water partition coefficient (Wildman–Crippen LogP) is 4.17. The van der Waals surface area contributed by atoms with E-state index >= 15 is 0 Å². The highest BCUT2D eigenvalue weighted by molar-refractivity contribution is 5.21. The molecule has 0 saturated carbocycles. The van der Waals surface area contributed by atoms with Gasteiger partial charge < -0.3 is 10.1 Å². The molecule has 0 fully saturated rings. The Balaban J connectivity index is 0.00000110. The van der Waals surface area contributed by atoms with Crippen molar-refractivity contribution in [1.82, 2.24) is 5.32 Å². The molecule has 0 heterocycles. The minimum absolute atomic E-state index is 0.177. The standard InChI is InChI=1S/C15H20FN.C2H6O/c1-3-15(16)6-4-5-11-17-12-14-9-7-13(2)8-10-14;1-3-2/h3-4,6-10,17H,5,11-12H2,1-2H3;1-2H3/b6-4-,15-3+;. The van der Waals surface area contributed by atoms with E-state index in [2.05, 4.69) is 41.2 Å². The molecule has 1 N–H and O–H groups in total. The molecule has 0 saturated heterocycles. The van der Waals surface area contributed by atoms with Crippen LogP contribution in [0.1, 0.15) is 24.5 Å². The van der Waals surface area contributed by atoms with Crippen LogP contribution in [0, 0.1) is 6.92 Å². The van der Waals surface area contributed by atoms with Crippen molar-refractivity contribution in [3.05, 3.63) is 59.4 Å². The first-order valence-corrected chi connectivity index (χ1v) is 6.78. The smallest absolute Gasteiger partial charge is 0.118 e. The van der Waals surface area contributed by atoms with Crippen LogP contribution in [0.5, 0.6) is 0 Å². The normalized spacial score (nSPS) is 11.3. The summed E-state index contributed by atoms with van der Waals surface area (Å²) in [5, 5.41) is 3.32. The van der Waals surface area contributed by atoms with Crippen molar-refractivity contribution in [1.29, 1.82) is 0 Å². The van der Waals surface area contributed by atoms with Gasteiger partial charge in [-0.2, -0.15) is 0 Å². The molecule has 0 spiro atoms. The topological polar surface area (TPSA) is 21.3 Å². The lowest BCUT2D eigenvalue weighted by molar-refractivity contribution is 0.277. The first kappa shape index (κ1) is 18.6. The van der Waals surface area contributed by atoms with E-state index in [9.17, 15) is 4.39 Å². The summed E-state index contributed by atoms with van der Waals surface area (Å²) in [6.45, 7) is 5.49. The van der Waals surface area contributed by atoms with Gasteiger partial charge in [0.25, 0.3) is 0 Å². The molecule has 0 bridgehead atoms. The van der Waals surface area contributed by atoms with Gasteiger partial charge in [0.1, 0.15) is 5.83 Å². The molecule has 0 atom stereocenters. The second kappa shape index (κ2) is 12.6. The molecule has 2 nitrogen and oxygen atoms in total. The van der Waals surface area contributed by atoms with Gasteiger partial charge in [0.15, 0.2) is 0 Å². The van der Waals surface area contributed by atoms with Gasteiger partial charge >= 0.3 is 0 Å². The van der Waals surface area contributed by atoms with E-state index < -0.39 is 0 Å². The van der Waals surface area contributed by atoms with Crippen molar-refractivity contribution in [2.75, 3.05) is 20.8 Å². The minimum atomic E-state index is -0.177. The van der Waals surface area contributed by atoms with Gasteiger partial charge in [-0.3, -0.25) is 0 Å². The fourth-order valence-electron chi connectivity index (χ4n) is 1.42. The predicted molar refractivity (Wildman–Crippen MR) is 84.4 cm³/mol. The van der Waals surface area contributed by atoms with Crippen LogP contribution in [0.2, 0.25) is 0 Å². The highest BCUT2D eigenvalue weighted by atomic mass is 19.1. The molecule has 0 aliphatic rings. The molecule has 0 unspecified atom stereocenters. The van der Waals surface area contributed by atoms with Crippen LogP contribution in [-0.4, -0.2) is 20.8 Å². The highest BCUT2D eigenvalue weighted by Crippen LogP contribution is 2.02. The van der Waals surface area contributed by atoms with E-state index in [0.29, 0.717) is 0 Å². The Kier molecular flexibility index (Phi) is 11.7. The number of halogens is 1. The van der Waals surface area contributed by atoms with Crippen LogP contribution in [0.25, 0.3) is 0 Å². The molecule has 1 aromatic rings. The zero-order valence-electron chi connectivity index (χ0n) is 12.9. The number of hydrogen-bond acceptors (Lipinski definition) is 2. The van der Waals surface area contributed by atoms with Gasteiger partial charge in [-0.1, -0.05) is 42.0 Å². The van der Waals surface area contributed by atoms with Crippen molar-refractivity contribution >= 4 is 0 Å². The van der Waals surface area contributed by atoms with Gasteiger partial charge in [-0.25, -0.2) is 4.39 Å². The number of aryl methyl sites for hydroxylation is 1. The number of benzene rings is 1. The summed E-state index contributed by atoms with van der Waals surface area (Å²) in [6, 6.07) is 8.46. The van der Waals surface area contributed by atoms with E-state index in [1.165, 1.54) is 23.3 Å². The number of hydrogen-bond donors (Lipinski definition) is 1. The van der Waals surface area contributed by atoms with Crippen molar-refractivity contribution in [3.8, 4) is 0 Å². The summed E-state index contributed by atoms with van der Waals surface area (Å²) < 4.78 is 16.9. The molecular weight excluding hydrogens is 253 g/mol. The van der Waals surface area contributed by atoms with Crippen molar-refractivity contribution in [3.63, 3.8) is 0 Å². The quantitative estimate of drug-likeness (QED) is 0.623. The summed E-state index contributed by atoms with van der Waals surface area (Å²) in [5.74, 6) is -0.177. The molecular formula is C17H26FNO. The van der Waals surface area contributed by atoms with E-state index in [-0.39, 0.29) is 5.83 Å². The van der Waals surface area contributed by atoms with Crippen molar-refractivity contribution in [2.45, 2.75) is 26.8 Å². The third-order valence-corrected chi connectivity index (χ3v) is 2.49. The largest absolute Gasteiger partial charge is 0.388 e. The first-order chi connectivity index (χ1) is 9.63. The lowest BCUT2D eigenvalue weighted by atomic mass is 10.1. The van der Waals surface area contributed by atoms with Crippen LogP contribution < -0.4 is 5.32 Å². The van der Waals surface area contributed by atoms with Gasteiger partial charge in [-0.05, 0) is 38.5 Å². The number of methoxy groups -OCH3 is 1. The zero-order valence-corrected chi connectivity index (χ0v) is 12.9.